The number of piperazine rings is 1. The first-order chi connectivity index (χ1) is 19.8. The molecule has 2 saturated heterocycles. The Labute approximate surface area is 249 Å². The molecular formula is C31H32ClN3O4S2. The van der Waals surface area contributed by atoms with Gasteiger partial charge in [0.25, 0.3) is 10.0 Å². The average molecular weight is 610 g/mol. The lowest BCUT2D eigenvalue weighted by molar-refractivity contribution is -0.135. The Morgan fingerprint density at radius 1 is 0.951 bits per heavy atom. The molecule has 1 aromatic heterocycles. The third-order valence-electron chi connectivity index (χ3n) is 8.29. The molecular weight excluding hydrogens is 578 g/mol. The molecule has 10 heteroatoms. The second-order valence-electron chi connectivity index (χ2n) is 10.6. The maximum absolute atomic E-state index is 14.0. The van der Waals surface area contributed by atoms with Gasteiger partial charge >= 0.3 is 0 Å². The van der Waals surface area contributed by atoms with Gasteiger partial charge in [0.05, 0.1) is 13.0 Å². The van der Waals surface area contributed by atoms with E-state index in [0.717, 1.165) is 27.1 Å². The summed E-state index contributed by atoms with van der Waals surface area (Å²) in [6.07, 6.45) is 0. The third-order valence-corrected chi connectivity index (χ3v) is 12.2. The second kappa shape index (κ2) is 11.3. The summed E-state index contributed by atoms with van der Waals surface area (Å²) in [5.74, 6) is 0.154. The molecule has 2 aliphatic heterocycles. The summed E-state index contributed by atoms with van der Waals surface area (Å²) in [5, 5.41) is 1.42. The van der Waals surface area contributed by atoms with Gasteiger partial charge in [-0.05, 0) is 65.9 Å². The van der Waals surface area contributed by atoms with Crippen molar-refractivity contribution in [2.24, 2.45) is 5.92 Å². The monoisotopic (exact) mass is 609 g/mol. The van der Waals surface area contributed by atoms with Crippen LogP contribution in [0.5, 0.6) is 5.75 Å². The smallest absolute Gasteiger partial charge is 0.252 e. The van der Waals surface area contributed by atoms with E-state index in [1.165, 1.54) is 15.6 Å². The molecule has 6 rings (SSSR count). The number of nitrogens with zero attached hydrogens (tertiary/aromatic N) is 3. The van der Waals surface area contributed by atoms with Gasteiger partial charge in [-0.1, -0.05) is 41.9 Å². The lowest BCUT2D eigenvalue weighted by Crippen LogP contribution is -2.51. The molecule has 0 spiro atoms. The van der Waals surface area contributed by atoms with E-state index in [1.807, 2.05) is 78.6 Å². The number of amides is 1. The van der Waals surface area contributed by atoms with Crippen molar-refractivity contribution in [1.29, 1.82) is 0 Å². The van der Waals surface area contributed by atoms with Gasteiger partial charge in [-0.3, -0.25) is 4.79 Å². The fourth-order valence-electron chi connectivity index (χ4n) is 6.00. The second-order valence-corrected chi connectivity index (χ2v) is 14.2. The number of benzene rings is 3. The van der Waals surface area contributed by atoms with E-state index in [4.69, 9.17) is 16.3 Å². The van der Waals surface area contributed by atoms with Crippen LogP contribution in [0.2, 0.25) is 5.02 Å². The summed E-state index contributed by atoms with van der Waals surface area (Å²) >= 11 is 7.47. The van der Waals surface area contributed by atoms with E-state index in [9.17, 15) is 13.2 Å². The molecule has 2 unspecified atom stereocenters. The van der Waals surface area contributed by atoms with Crippen LogP contribution in [0.25, 0.3) is 10.1 Å². The van der Waals surface area contributed by atoms with Gasteiger partial charge in [0.15, 0.2) is 0 Å². The Bertz CT molecular complexity index is 1670. The van der Waals surface area contributed by atoms with Crippen LogP contribution in [0.15, 0.2) is 77.0 Å². The summed E-state index contributed by atoms with van der Waals surface area (Å²) in [5.41, 5.74) is 2.78. The number of carbonyl (C=O) groups excluding carboxylic acids is 1. The van der Waals surface area contributed by atoms with E-state index < -0.39 is 15.9 Å². The number of thiophene rings is 1. The molecule has 214 valence electrons. The first-order valence-electron chi connectivity index (χ1n) is 13.7. The van der Waals surface area contributed by atoms with Gasteiger partial charge in [0, 0.05) is 60.6 Å². The SMILES string of the molecule is COc1ccc(N2CCN(C(=O)C3CN(S(=O)(=O)c4sc5ccc(Cl)cc5c4C)CC3c3ccccc3)CC2)cc1. The molecule has 3 heterocycles. The number of aryl methyl sites for hydroxylation is 1. The molecule has 4 aromatic rings. The van der Waals surface area contributed by atoms with Gasteiger partial charge in [-0.25, -0.2) is 8.42 Å². The molecule has 0 N–H and O–H groups in total. The van der Waals surface area contributed by atoms with E-state index in [1.54, 1.807) is 13.2 Å². The zero-order valence-electron chi connectivity index (χ0n) is 23.0. The average Bonchev–Trinajstić information content (AvgIpc) is 3.60. The predicted molar refractivity (Wildman–Crippen MR) is 165 cm³/mol. The zero-order valence-corrected chi connectivity index (χ0v) is 25.4. The zero-order chi connectivity index (χ0) is 28.7. The van der Waals surface area contributed by atoms with Crippen molar-refractivity contribution in [1.82, 2.24) is 9.21 Å². The summed E-state index contributed by atoms with van der Waals surface area (Å²) in [7, 11) is -2.16. The number of ether oxygens (including phenoxy) is 1. The Hall–Kier alpha value is -3.11. The first kappa shape index (κ1) is 28.0. The third kappa shape index (κ3) is 5.32. The first-order valence-corrected chi connectivity index (χ1v) is 16.3. The number of carbonyl (C=O) groups is 1. The molecule has 7 nitrogen and oxygen atoms in total. The van der Waals surface area contributed by atoms with Crippen molar-refractivity contribution >= 4 is 54.6 Å². The van der Waals surface area contributed by atoms with Crippen LogP contribution in [-0.4, -0.2) is 69.9 Å². The number of fused-ring (bicyclic) bond motifs is 1. The standard InChI is InChI=1S/C31H32ClN3O4S2/c1-21-26-18-23(32)8-13-29(26)40-31(21)41(37,38)35-19-27(22-6-4-3-5-7-22)28(20-35)30(36)34-16-14-33(15-17-34)24-9-11-25(39-2)12-10-24/h3-13,18,27-28H,14-17,19-20H2,1-2H3. The quantitative estimate of drug-likeness (QED) is 0.284. The van der Waals surface area contributed by atoms with Crippen LogP contribution in [0, 0.1) is 12.8 Å². The van der Waals surface area contributed by atoms with Crippen molar-refractivity contribution in [3.05, 3.63) is 88.9 Å². The number of halogens is 1. The molecule has 0 bridgehead atoms. The molecule has 2 aliphatic rings. The molecule has 0 aliphatic carbocycles. The van der Waals surface area contributed by atoms with Gasteiger partial charge in [0.2, 0.25) is 5.91 Å². The lowest BCUT2D eigenvalue weighted by Gasteiger charge is -2.38. The summed E-state index contributed by atoms with van der Waals surface area (Å²) in [6, 6.07) is 23.2. The number of rotatable bonds is 6. The highest BCUT2D eigenvalue weighted by atomic mass is 35.5. The molecule has 2 fully saturated rings. The normalized spacial score (nSPS) is 20.1. The Balaban J connectivity index is 1.24. The van der Waals surface area contributed by atoms with Gasteiger partial charge < -0.3 is 14.5 Å². The van der Waals surface area contributed by atoms with Crippen LogP contribution >= 0.6 is 22.9 Å². The maximum atomic E-state index is 14.0. The minimum Gasteiger partial charge on any atom is -0.497 e. The van der Waals surface area contributed by atoms with Gasteiger partial charge in [-0.15, -0.1) is 11.3 Å². The Morgan fingerprint density at radius 2 is 1.66 bits per heavy atom. The highest BCUT2D eigenvalue weighted by molar-refractivity contribution is 7.91. The van der Waals surface area contributed by atoms with Crippen LogP contribution in [0.4, 0.5) is 5.69 Å². The molecule has 1 amide bonds. The number of hydrogen-bond acceptors (Lipinski definition) is 6. The van der Waals surface area contributed by atoms with Crippen LogP contribution < -0.4 is 9.64 Å². The fraction of sp³-hybridized carbons (Fsp3) is 0.323. The lowest BCUT2D eigenvalue weighted by atomic mass is 9.88. The van der Waals surface area contributed by atoms with E-state index in [0.29, 0.717) is 41.0 Å². The van der Waals surface area contributed by atoms with E-state index in [-0.39, 0.29) is 24.9 Å². The largest absolute Gasteiger partial charge is 0.497 e. The van der Waals surface area contributed by atoms with Gasteiger partial charge in [0.1, 0.15) is 9.96 Å². The Kier molecular flexibility index (Phi) is 7.72. The summed E-state index contributed by atoms with van der Waals surface area (Å²) in [4.78, 5) is 18.2. The van der Waals surface area contributed by atoms with E-state index >= 15 is 0 Å². The predicted octanol–water partition coefficient (Wildman–Crippen LogP) is 5.62. The van der Waals surface area contributed by atoms with Crippen molar-refractivity contribution in [2.45, 2.75) is 17.1 Å². The van der Waals surface area contributed by atoms with Crippen molar-refractivity contribution in [3.8, 4) is 5.75 Å². The number of anilines is 1. The van der Waals surface area contributed by atoms with Crippen LogP contribution in [0.3, 0.4) is 0 Å². The number of methoxy groups -OCH3 is 1. The highest BCUT2D eigenvalue weighted by Gasteiger charge is 2.46. The molecule has 0 radical (unpaired) electrons. The molecule has 0 saturated carbocycles. The number of hydrogen-bond donors (Lipinski definition) is 0. The minimum absolute atomic E-state index is 0.0192. The Morgan fingerprint density at radius 3 is 2.34 bits per heavy atom. The van der Waals surface area contributed by atoms with Crippen molar-refractivity contribution < 1.29 is 17.9 Å². The maximum Gasteiger partial charge on any atom is 0.252 e. The fourth-order valence-corrected chi connectivity index (χ4v) is 9.54. The highest BCUT2D eigenvalue weighted by Crippen LogP contribution is 2.41. The van der Waals surface area contributed by atoms with Crippen LogP contribution in [-0.2, 0) is 14.8 Å². The van der Waals surface area contributed by atoms with Crippen molar-refractivity contribution in [3.63, 3.8) is 0 Å². The topological polar surface area (TPSA) is 70.2 Å². The van der Waals surface area contributed by atoms with E-state index in [2.05, 4.69) is 4.90 Å². The molecule has 41 heavy (non-hydrogen) atoms. The molecule has 2 atom stereocenters. The van der Waals surface area contributed by atoms with Gasteiger partial charge in [-0.2, -0.15) is 4.31 Å². The molecule has 3 aromatic carbocycles. The number of sulfonamides is 1. The summed E-state index contributed by atoms with van der Waals surface area (Å²) in [6.45, 7) is 4.87. The summed E-state index contributed by atoms with van der Waals surface area (Å²) < 4.78 is 36.1. The minimum atomic E-state index is -3.81. The van der Waals surface area contributed by atoms with Crippen LogP contribution in [0.1, 0.15) is 17.0 Å². The van der Waals surface area contributed by atoms with Crippen molar-refractivity contribution in [2.75, 3.05) is 51.3 Å².